The smallest absolute Gasteiger partial charge is 0.295 e. The van der Waals surface area contributed by atoms with Crippen molar-refractivity contribution in [2.24, 2.45) is 5.92 Å². The van der Waals surface area contributed by atoms with Crippen LogP contribution in [0.3, 0.4) is 0 Å². The number of benzene rings is 1. The van der Waals surface area contributed by atoms with Gasteiger partial charge in [0.05, 0.1) is 5.56 Å². The number of carbonyl (C=O) groups excluding carboxylic acids is 1. The molecular weight excluding hydrogens is 265 g/mol. The highest BCUT2D eigenvalue weighted by molar-refractivity contribution is 6.04. The summed E-state index contributed by atoms with van der Waals surface area (Å²) in [4.78, 5) is 11.7. The molecule has 2 rings (SSSR count). The molecule has 1 atom stereocenters. The van der Waals surface area contributed by atoms with Crippen LogP contribution in [-0.2, 0) is 11.0 Å². The van der Waals surface area contributed by atoms with Gasteiger partial charge in [-0.05, 0) is 42.5 Å². The van der Waals surface area contributed by atoms with Crippen LogP contribution < -0.4 is 0 Å². The number of alkyl halides is 3. The maximum absolute atomic E-state index is 12.5. The number of carbonyl (C=O) groups is 1. The van der Waals surface area contributed by atoms with E-state index in [4.69, 9.17) is 0 Å². The summed E-state index contributed by atoms with van der Waals surface area (Å²) >= 11 is 0. The fourth-order valence-corrected chi connectivity index (χ4v) is 2.49. The van der Waals surface area contributed by atoms with Crippen LogP contribution >= 0.6 is 0 Å². The van der Waals surface area contributed by atoms with E-state index in [-0.39, 0.29) is 11.7 Å². The quantitative estimate of drug-likeness (QED) is 0.771. The average molecular weight is 280 g/mol. The van der Waals surface area contributed by atoms with E-state index < -0.39 is 11.7 Å². The summed E-state index contributed by atoms with van der Waals surface area (Å²) in [6.07, 6.45) is 0.203. The van der Waals surface area contributed by atoms with Crippen LogP contribution in [-0.4, -0.2) is 5.78 Å². The summed E-state index contributed by atoms with van der Waals surface area (Å²) in [6.45, 7) is 3.44. The molecule has 1 unspecified atom stereocenters. The summed E-state index contributed by atoms with van der Waals surface area (Å²) < 4.78 is 37.6. The van der Waals surface area contributed by atoms with Gasteiger partial charge >= 0.3 is 6.18 Å². The summed E-state index contributed by atoms with van der Waals surface area (Å²) in [6, 6.07) is 4.94. The minimum Gasteiger partial charge on any atom is -0.295 e. The standard InChI is InChI=1S/C16H15F3O/c1-10-4-3-5-14(15(10)11(2)20)12-6-8-13(9-7-12)16(17,18)19/h3,5-10H,4H2,1-2H3. The lowest BCUT2D eigenvalue weighted by atomic mass is 9.83. The van der Waals surface area contributed by atoms with Crippen molar-refractivity contribution in [3.05, 3.63) is 53.1 Å². The van der Waals surface area contributed by atoms with Crippen LogP contribution in [0.15, 0.2) is 42.0 Å². The van der Waals surface area contributed by atoms with Crippen molar-refractivity contribution in [2.75, 3.05) is 0 Å². The molecule has 0 aliphatic heterocycles. The second kappa shape index (κ2) is 5.27. The van der Waals surface area contributed by atoms with Gasteiger partial charge in [0.2, 0.25) is 0 Å². The molecule has 0 heterocycles. The Morgan fingerprint density at radius 1 is 1.20 bits per heavy atom. The molecule has 0 radical (unpaired) electrons. The lowest BCUT2D eigenvalue weighted by Crippen LogP contribution is -2.12. The first-order valence-corrected chi connectivity index (χ1v) is 6.40. The maximum Gasteiger partial charge on any atom is 0.416 e. The molecule has 1 aliphatic rings. The van der Waals surface area contributed by atoms with E-state index in [1.165, 1.54) is 19.1 Å². The zero-order valence-electron chi connectivity index (χ0n) is 11.3. The zero-order valence-corrected chi connectivity index (χ0v) is 11.3. The molecule has 4 heteroatoms. The predicted molar refractivity (Wildman–Crippen MR) is 72.0 cm³/mol. The Morgan fingerprint density at radius 2 is 1.80 bits per heavy atom. The fraction of sp³-hybridized carbons (Fsp3) is 0.312. The van der Waals surface area contributed by atoms with Crippen molar-refractivity contribution in [2.45, 2.75) is 26.4 Å². The van der Waals surface area contributed by atoms with Crippen LogP contribution in [0.5, 0.6) is 0 Å². The first-order chi connectivity index (χ1) is 9.30. The van der Waals surface area contributed by atoms with Crippen LogP contribution in [0.25, 0.3) is 5.57 Å². The van der Waals surface area contributed by atoms with Gasteiger partial charge in [-0.25, -0.2) is 0 Å². The van der Waals surface area contributed by atoms with Gasteiger partial charge in [0.25, 0.3) is 0 Å². The Morgan fingerprint density at radius 3 is 2.30 bits per heavy atom. The molecule has 0 spiro atoms. The number of allylic oxidation sites excluding steroid dienone is 4. The predicted octanol–water partition coefficient (Wildman–Crippen LogP) is 4.64. The van der Waals surface area contributed by atoms with Gasteiger partial charge in [-0.2, -0.15) is 13.2 Å². The molecule has 0 amide bonds. The maximum atomic E-state index is 12.5. The Hall–Kier alpha value is -1.84. The molecule has 106 valence electrons. The third kappa shape index (κ3) is 2.84. The molecule has 0 N–H and O–H groups in total. The summed E-state index contributed by atoms with van der Waals surface area (Å²) in [5.41, 5.74) is 1.38. The molecule has 1 aliphatic carbocycles. The van der Waals surface area contributed by atoms with Gasteiger partial charge in [0.1, 0.15) is 0 Å². The van der Waals surface area contributed by atoms with Crippen molar-refractivity contribution in [3.8, 4) is 0 Å². The lowest BCUT2D eigenvalue weighted by molar-refractivity contribution is -0.137. The SMILES string of the molecule is CC(=O)C1=C(c2ccc(C(F)(F)F)cc2)C=CCC1C. The van der Waals surface area contributed by atoms with Crippen molar-refractivity contribution in [3.63, 3.8) is 0 Å². The Bertz CT molecular complexity index is 577. The van der Waals surface area contributed by atoms with Gasteiger partial charge in [-0.1, -0.05) is 31.2 Å². The molecular formula is C16H15F3O. The molecule has 0 saturated carbocycles. The van der Waals surface area contributed by atoms with Crippen LogP contribution in [0.2, 0.25) is 0 Å². The zero-order chi connectivity index (χ0) is 14.9. The van der Waals surface area contributed by atoms with Gasteiger partial charge in [-0.15, -0.1) is 0 Å². The minimum atomic E-state index is -4.34. The second-order valence-corrected chi connectivity index (χ2v) is 5.00. The summed E-state index contributed by atoms with van der Waals surface area (Å²) in [5, 5.41) is 0. The molecule has 20 heavy (non-hydrogen) atoms. The Kier molecular flexibility index (Phi) is 3.84. The third-order valence-electron chi connectivity index (χ3n) is 3.46. The molecule has 0 saturated heterocycles. The minimum absolute atomic E-state index is 0.0308. The molecule has 0 bridgehead atoms. The number of hydrogen-bond donors (Lipinski definition) is 0. The Labute approximate surface area is 115 Å². The van der Waals surface area contributed by atoms with E-state index in [9.17, 15) is 18.0 Å². The van der Waals surface area contributed by atoms with Crippen LogP contribution in [0, 0.1) is 5.92 Å². The van der Waals surface area contributed by atoms with E-state index in [2.05, 4.69) is 0 Å². The largest absolute Gasteiger partial charge is 0.416 e. The first-order valence-electron chi connectivity index (χ1n) is 6.40. The summed E-state index contributed by atoms with van der Waals surface area (Å²) in [7, 11) is 0. The molecule has 1 nitrogen and oxygen atoms in total. The van der Waals surface area contributed by atoms with Gasteiger partial charge < -0.3 is 0 Å². The van der Waals surface area contributed by atoms with Crippen molar-refractivity contribution in [1.82, 2.24) is 0 Å². The molecule has 1 aromatic carbocycles. The van der Waals surface area contributed by atoms with E-state index >= 15 is 0 Å². The molecule has 0 fully saturated rings. The van der Waals surface area contributed by atoms with Crippen molar-refractivity contribution >= 4 is 11.4 Å². The number of hydrogen-bond acceptors (Lipinski definition) is 1. The fourth-order valence-electron chi connectivity index (χ4n) is 2.49. The van der Waals surface area contributed by atoms with E-state index in [0.717, 1.165) is 24.1 Å². The highest BCUT2D eigenvalue weighted by Crippen LogP contribution is 2.34. The Balaban J connectivity index is 2.47. The number of Topliss-reactive ketones (excluding diaryl/α,β-unsaturated/α-hetero) is 1. The first kappa shape index (κ1) is 14.6. The monoisotopic (exact) mass is 280 g/mol. The third-order valence-corrected chi connectivity index (χ3v) is 3.46. The van der Waals surface area contributed by atoms with E-state index in [1.807, 2.05) is 19.1 Å². The average Bonchev–Trinajstić information content (AvgIpc) is 2.37. The lowest BCUT2D eigenvalue weighted by Gasteiger charge is -2.20. The summed E-state index contributed by atoms with van der Waals surface area (Å²) in [5.74, 6) is 0.0616. The van der Waals surface area contributed by atoms with E-state index in [0.29, 0.717) is 11.1 Å². The van der Waals surface area contributed by atoms with Crippen molar-refractivity contribution in [1.29, 1.82) is 0 Å². The van der Waals surface area contributed by atoms with Gasteiger partial charge in [0, 0.05) is 5.57 Å². The normalized spacial score (nSPS) is 19.4. The van der Waals surface area contributed by atoms with E-state index in [1.54, 1.807) is 0 Å². The van der Waals surface area contributed by atoms with Crippen molar-refractivity contribution < 1.29 is 18.0 Å². The molecule has 0 aromatic heterocycles. The van der Waals surface area contributed by atoms with Gasteiger partial charge in [-0.3, -0.25) is 4.79 Å². The number of halogens is 3. The highest BCUT2D eigenvalue weighted by atomic mass is 19.4. The second-order valence-electron chi connectivity index (χ2n) is 5.00. The van der Waals surface area contributed by atoms with Gasteiger partial charge in [0.15, 0.2) is 5.78 Å². The number of ketones is 1. The van der Waals surface area contributed by atoms with Crippen LogP contribution in [0.4, 0.5) is 13.2 Å². The number of rotatable bonds is 2. The van der Waals surface area contributed by atoms with Crippen LogP contribution in [0.1, 0.15) is 31.4 Å². The molecule has 1 aromatic rings. The topological polar surface area (TPSA) is 17.1 Å². The highest BCUT2D eigenvalue weighted by Gasteiger charge is 2.30.